The number of rotatable bonds is 5. The summed E-state index contributed by atoms with van der Waals surface area (Å²) in [6.07, 6.45) is 5.10. The van der Waals surface area contributed by atoms with Crippen molar-refractivity contribution in [1.29, 1.82) is 0 Å². The Balaban J connectivity index is 1.49. The smallest absolute Gasteiger partial charge is 0.255 e. The van der Waals surface area contributed by atoms with Crippen LogP contribution >= 0.6 is 0 Å². The molecule has 1 aliphatic carbocycles. The zero-order valence-electron chi connectivity index (χ0n) is 13.9. The third-order valence-corrected chi connectivity index (χ3v) is 4.66. The highest BCUT2D eigenvalue weighted by atomic mass is 16.5. The lowest BCUT2D eigenvalue weighted by atomic mass is 10.1. The first-order chi connectivity index (χ1) is 11.7. The van der Waals surface area contributed by atoms with Crippen molar-refractivity contribution in [2.24, 2.45) is 5.92 Å². The molecule has 2 aromatic rings. The standard InChI is InChI=1S/C18H22N4O2/c1-12-20-16-6-8-22(10-15(16)17(23)21-12)9-14-3-2-7-19-18(14)24-11-13-4-5-13/h2-3,7,13H,4-6,8-11H2,1H3,(H,20,21,23). The molecule has 0 bridgehead atoms. The summed E-state index contributed by atoms with van der Waals surface area (Å²) in [5, 5.41) is 0. The van der Waals surface area contributed by atoms with Gasteiger partial charge in [0, 0.05) is 37.8 Å². The first kappa shape index (κ1) is 15.3. The molecule has 6 heteroatoms. The van der Waals surface area contributed by atoms with Crippen molar-refractivity contribution in [3.05, 3.63) is 51.3 Å². The fourth-order valence-electron chi connectivity index (χ4n) is 3.14. The largest absolute Gasteiger partial charge is 0.477 e. The van der Waals surface area contributed by atoms with Gasteiger partial charge in [-0.3, -0.25) is 9.69 Å². The van der Waals surface area contributed by atoms with E-state index in [1.807, 2.05) is 13.0 Å². The molecule has 1 N–H and O–H groups in total. The number of pyridine rings is 1. The fraction of sp³-hybridized carbons (Fsp3) is 0.500. The molecule has 0 spiro atoms. The predicted molar refractivity (Wildman–Crippen MR) is 89.9 cm³/mol. The Morgan fingerprint density at radius 3 is 3.12 bits per heavy atom. The molecule has 3 heterocycles. The second-order valence-electron chi connectivity index (χ2n) is 6.76. The van der Waals surface area contributed by atoms with Crippen LogP contribution in [-0.4, -0.2) is 33.0 Å². The van der Waals surface area contributed by atoms with Crippen LogP contribution in [0.2, 0.25) is 0 Å². The van der Waals surface area contributed by atoms with Crippen LogP contribution in [0.1, 0.15) is 35.5 Å². The van der Waals surface area contributed by atoms with Crippen molar-refractivity contribution in [3.63, 3.8) is 0 Å². The van der Waals surface area contributed by atoms with Crippen molar-refractivity contribution in [2.75, 3.05) is 13.2 Å². The van der Waals surface area contributed by atoms with Crippen LogP contribution in [0.4, 0.5) is 0 Å². The number of aryl methyl sites for hydroxylation is 1. The van der Waals surface area contributed by atoms with Gasteiger partial charge in [0.2, 0.25) is 5.88 Å². The number of fused-ring (bicyclic) bond motifs is 1. The lowest BCUT2D eigenvalue weighted by Crippen LogP contribution is -2.35. The first-order valence-corrected chi connectivity index (χ1v) is 8.57. The number of aromatic amines is 1. The van der Waals surface area contributed by atoms with E-state index in [2.05, 4.69) is 25.9 Å². The number of hydrogen-bond donors (Lipinski definition) is 1. The molecule has 0 aromatic carbocycles. The van der Waals surface area contributed by atoms with E-state index in [1.54, 1.807) is 6.20 Å². The van der Waals surface area contributed by atoms with Gasteiger partial charge in [-0.05, 0) is 31.7 Å². The number of aromatic nitrogens is 3. The summed E-state index contributed by atoms with van der Waals surface area (Å²) in [5.74, 6) is 2.12. The molecule has 0 radical (unpaired) electrons. The minimum Gasteiger partial charge on any atom is -0.477 e. The second-order valence-corrected chi connectivity index (χ2v) is 6.76. The molecule has 2 aliphatic rings. The monoisotopic (exact) mass is 326 g/mol. The summed E-state index contributed by atoms with van der Waals surface area (Å²) in [7, 11) is 0. The summed E-state index contributed by atoms with van der Waals surface area (Å²) in [5.41, 5.74) is 2.79. The lowest BCUT2D eigenvalue weighted by molar-refractivity contribution is 0.230. The number of nitrogens with zero attached hydrogens (tertiary/aromatic N) is 3. The van der Waals surface area contributed by atoms with Gasteiger partial charge in [-0.25, -0.2) is 9.97 Å². The highest BCUT2D eigenvalue weighted by Gasteiger charge is 2.24. The van der Waals surface area contributed by atoms with Gasteiger partial charge in [-0.15, -0.1) is 0 Å². The second kappa shape index (κ2) is 6.36. The average molecular weight is 326 g/mol. The third-order valence-electron chi connectivity index (χ3n) is 4.66. The van der Waals surface area contributed by atoms with Crippen LogP contribution in [0.3, 0.4) is 0 Å². The molecule has 0 saturated heterocycles. The molecular weight excluding hydrogens is 304 g/mol. The van der Waals surface area contributed by atoms with Gasteiger partial charge in [0.05, 0.1) is 17.9 Å². The SMILES string of the molecule is Cc1nc2c(c(=O)[nH]1)CN(Cc1cccnc1OCC1CC1)CC2. The number of ether oxygens (including phenoxy) is 1. The van der Waals surface area contributed by atoms with Gasteiger partial charge in [0.25, 0.3) is 5.56 Å². The van der Waals surface area contributed by atoms with Crippen LogP contribution in [-0.2, 0) is 19.5 Å². The van der Waals surface area contributed by atoms with E-state index >= 15 is 0 Å². The number of hydrogen-bond acceptors (Lipinski definition) is 5. The van der Waals surface area contributed by atoms with Crippen molar-refractivity contribution < 1.29 is 4.74 Å². The summed E-state index contributed by atoms with van der Waals surface area (Å²) in [6.45, 7) is 4.83. The molecule has 0 unspecified atom stereocenters. The molecule has 1 fully saturated rings. The van der Waals surface area contributed by atoms with Crippen LogP contribution in [0, 0.1) is 12.8 Å². The minimum absolute atomic E-state index is 0.0152. The highest BCUT2D eigenvalue weighted by molar-refractivity contribution is 5.27. The summed E-state index contributed by atoms with van der Waals surface area (Å²) >= 11 is 0. The summed E-state index contributed by atoms with van der Waals surface area (Å²) < 4.78 is 5.89. The Bertz CT molecular complexity index is 798. The van der Waals surface area contributed by atoms with Crippen LogP contribution in [0.15, 0.2) is 23.1 Å². The molecule has 1 aliphatic heterocycles. The molecule has 2 aromatic heterocycles. The van der Waals surface area contributed by atoms with Gasteiger partial charge in [0.15, 0.2) is 0 Å². The minimum atomic E-state index is -0.0152. The Morgan fingerprint density at radius 2 is 2.29 bits per heavy atom. The fourth-order valence-corrected chi connectivity index (χ4v) is 3.14. The lowest BCUT2D eigenvalue weighted by Gasteiger charge is -2.28. The topological polar surface area (TPSA) is 71.1 Å². The molecule has 24 heavy (non-hydrogen) atoms. The molecule has 0 atom stereocenters. The summed E-state index contributed by atoms with van der Waals surface area (Å²) in [4.78, 5) is 26.1. The van der Waals surface area contributed by atoms with Crippen LogP contribution in [0.5, 0.6) is 5.88 Å². The third kappa shape index (κ3) is 3.33. The van der Waals surface area contributed by atoms with Crippen molar-refractivity contribution in [2.45, 2.75) is 39.3 Å². The highest BCUT2D eigenvalue weighted by Crippen LogP contribution is 2.30. The number of H-pyrrole nitrogens is 1. The zero-order chi connectivity index (χ0) is 16.5. The van der Waals surface area contributed by atoms with Crippen molar-refractivity contribution in [3.8, 4) is 5.88 Å². The van der Waals surface area contributed by atoms with Gasteiger partial charge >= 0.3 is 0 Å². The van der Waals surface area contributed by atoms with Gasteiger partial charge in [-0.2, -0.15) is 0 Å². The zero-order valence-corrected chi connectivity index (χ0v) is 13.9. The average Bonchev–Trinajstić information content (AvgIpc) is 3.39. The Hall–Kier alpha value is -2.21. The van der Waals surface area contributed by atoms with E-state index in [0.717, 1.165) is 48.8 Å². The van der Waals surface area contributed by atoms with E-state index in [9.17, 15) is 4.79 Å². The maximum Gasteiger partial charge on any atom is 0.255 e. The molecule has 6 nitrogen and oxygen atoms in total. The van der Waals surface area contributed by atoms with E-state index in [0.29, 0.717) is 18.3 Å². The van der Waals surface area contributed by atoms with Crippen LogP contribution < -0.4 is 10.3 Å². The predicted octanol–water partition coefficient (Wildman–Crippen LogP) is 1.82. The molecule has 1 saturated carbocycles. The van der Waals surface area contributed by atoms with Gasteiger partial charge in [0.1, 0.15) is 5.82 Å². The van der Waals surface area contributed by atoms with Gasteiger partial charge in [-0.1, -0.05) is 6.07 Å². The molecule has 4 rings (SSSR count). The maximum absolute atomic E-state index is 12.2. The van der Waals surface area contributed by atoms with E-state index in [4.69, 9.17) is 4.74 Å². The molecule has 0 amide bonds. The quantitative estimate of drug-likeness (QED) is 0.907. The summed E-state index contributed by atoms with van der Waals surface area (Å²) in [6, 6.07) is 4.00. The molecule has 126 valence electrons. The first-order valence-electron chi connectivity index (χ1n) is 8.57. The van der Waals surface area contributed by atoms with E-state index < -0.39 is 0 Å². The maximum atomic E-state index is 12.2. The van der Waals surface area contributed by atoms with E-state index in [-0.39, 0.29) is 5.56 Å². The van der Waals surface area contributed by atoms with Gasteiger partial charge < -0.3 is 9.72 Å². The normalized spacial score (nSPS) is 17.5. The Morgan fingerprint density at radius 1 is 1.42 bits per heavy atom. The number of nitrogens with one attached hydrogen (secondary N) is 1. The van der Waals surface area contributed by atoms with E-state index in [1.165, 1.54) is 12.8 Å². The Kier molecular flexibility index (Phi) is 4.06. The van der Waals surface area contributed by atoms with Crippen molar-refractivity contribution in [1.82, 2.24) is 19.9 Å². The molecular formula is C18H22N4O2. The Labute approximate surface area is 140 Å². The van der Waals surface area contributed by atoms with Crippen LogP contribution in [0.25, 0.3) is 0 Å². The van der Waals surface area contributed by atoms with Crippen molar-refractivity contribution >= 4 is 0 Å².